The van der Waals surface area contributed by atoms with Crippen LogP contribution in [0, 0.1) is 0 Å². The van der Waals surface area contributed by atoms with Crippen molar-refractivity contribution in [3.8, 4) is 23.1 Å². The third kappa shape index (κ3) is 2.00. The van der Waals surface area contributed by atoms with Gasteiger partial charge in [-0.25, -0.2) is 4.98 Å². The maximum Gasteiger partial charge on any atom is 0.258 e. The maximum atomic E-state index is 5.76. The molecule has 6 nitrogen and oxygen atoms in total. The Morgan fingerprint density at radius 2 is 2.17 bits per heavy atom. The third-order valence-electron chi connectivity index (χ3n) is 2.30. The van der Waals surface area contributed by atoms with Gasteiger partial charge in [0.05, 0.1) is 0 Å². The number of aromatic nitrogens is 4. The van der Waals surface area contributed by atoms with E-state index in [1.54, 1.807) is 24.5 Å². The number of nitrogens with zero attached hydrogens (tertiary/aromatic N) is 3. The molecule has 0 atom stereocenters. The Balaban J connectivity index is 2.03. The monoisotopic (exact) mass is 305 g/mol. The second kappa shape index (κ2) is 4.26. The van der Waals surface area contributed by atoms with Gasteiger partial charge in [0.1, 0.15) is 0 Å². The summed E-state index contributed by atoms with van der Waals surface area (Å²) in [6.45, 7) is 0. The van der Waals surface area contributed by atoms with Crippen LogP contribution in [-0.2, 0) is 0 Å². The molecule has 1 aromatic carbocycles. The fourth-order valence-electron chi connectivity index (χ4n) is 1.56. The van der Waals surface area contributed by atoms with Crippen LogP contribution in [-0.4, -0.2) is 20.1 Å². The van der Waals surface area contributed by atoms with E-state index >= 15 is 0 Å². The van der Waals surface area contributed by atoms with Gasteiger partial charge in [0.25, 0.3) is 5.89 Å². The Morgan fingerprint density at radius 1 is 1.28 bits per heavy atom. The average molecular weight is 306 g/mol. The van der Waals surface area contributed by atoms with Gasteiger partial charge in [0.15, 0.2) is 5.82 Å². The first-order valence-electron chi connectivity index (χ1n) is 5.12. The van der Waals surface area contributed by atoms with Crippen molar-refractivity contribution in [2.75, 3.05) is 5.73 Å². The minimum absolute atomic E-state index is 0.398. The summed E-state index contributed by atoms with van der Waals surface area (Å²) < 4.78 is 6.04. The largest absolute Gasteiger partial charge is 0.399 e. The van der Waals surface area contributed by atoms with Crippen molar-refractivity contribution in [1.29, 1.82) is 0 Å². The lowest BCUT2D eigenvalue weighted by molar-refractivity contribution is 0.432. The van der Waals surface area contributed by atoms with E-state index in [2.05, 4.69) is 36.0 Å². The first-order chi connectivity index (χ1) is 8.72. The number of rotatable bonds is 2. The summed E-state index contributed by atoms with van der Waals surface area (Å²) in [5.74, 6) is 1.37. The van der Waals surface area contributed by atoms with Gasteiger partial charge in [0, 0.05) is 28.1 Å². The number of anilines is 1. The number of H-pyrrole nitrogens is 1. The van der Waals surface area contributed by atoms with Crippen LogP contribution in [0.1, 0.15) is 0 Å². The molecule has 0 radical (unpaired) electrons. The van der Waals surface area contributed by atoms with Crippen LogP contribution in [0.25, 0.3) is 23.1 Å². The summed E-state index contributed by atoms with van der Waals surface area (Å²) >= 11 is 3.37. The van der Waals surface area contributed by atoms with E-state index in [1.807, 2.05) is 6.07 Å². The van der Waals surface area contributed by atoms with E-state index in [0.29, 0.717) is 23.2 Å². The van der Waals surface area contributed by atoms with Crippen LogP contribution in [0.5, 0.6) is 0 Å². The lowest BCUT2D eigenvalue weighted by Gasteiger charge is -1.98. The molecule has 7 heteroatoms. The molecule has 0 amide bonds. The highest BCUT2D eigenvalue weighted by atomic mass is 79.9. The number of nitrogens with one attached hydrogen (secondary N) is 1. The molecule has 0 bridgehead atoms. The second-order valence-corrected chi connectivity index (χ2v) is 4.55. The molecule has 0 aliphatic rings. The Kier molecular flexibility index (Phi) is 2.60. The molecular weight excluding hydrogens is 298 g/mol. The zero-order chi connectivity index (χ0) is 12.5. The van der Waals surface area contributed by atoms with Crippen molar-refractivity contribution < 1.29 is 4.52 Å². The summed E-state index contributed by atoms with van der Waals surface area (Å²) in [6.07, 6.45) is 3.32. The van der Waals surface area contributed by atoms with Gasteiger partial charge in [-0.15, -0.1) is 0 Å². The molecule has 0 saturated carbocycles. The van der Waals surface area contributed by atoms with Crippen molar-refractivity contribution in [3.63, 3.8) is 0 Å². The number of hydrogen-bond donors (Lipinski definition) is 2. The molecule has 0 spiro atoms. The molecule has 0 saturated heterocycles. The van der Waals surface area contributed by atoms with E-state index in [1.165, 1.54) is 0 Å². The normalized spacial score (nSPS) is 10.7. The first-order valence-corrected chi connectivity index (χ1v) is 5.91. The minimum Gasteiger partial charge on any atom is -0.399 e. The van der Waals surface area contributed by atoms with Gasteiger partial charge >= 0.3 is 0 Å². The van der Waals surface area contributed by atoms with Crippen molar-refractivity contribution in [1.82, 2.24) is 20.1 Å². The first kappa shape index (κ1) is 11.0. The molecule has 2 heterocycles. The molecule has 0 aliphatic heterocycles. The predicted molar refractivity (Wildman–Crippen MR) is 69.4 cm³/mol. The number of halogens is 1. The third-order valence-corrected chi connectivity index (χ3v) is 2.76. The minimum atomic E-state index is 0.398. The fourth-order valence-corrected chi connectivity index (χ4v) is 2.07. The number of nitrogens with two attached hydrogens (primary N) is 1. The summed E-state index contributed by atoms with van der Waals surface area (Å²) in [7, 11) is 0. The molecule has 3 aromatic rings. The van der Waals surface area contributed by atoms with E-state index in [4.69, 9.17) is 10.3 Å². The van der Waals surface area contributed by atoms with Crippen LogP contribution in [0.3, 0.4) is 0 Å². The quantitative estimate of drug-likeness (QED) is 0.709. The number of benzene rings is 1. The second-order valence-electron chi connectivity index (χ2n) is 3.63. The van der Waals surface area contributed by atoms with Crippen molar-refractivity contribution in [3.05, 3.63) is 35.1 Å². The Hall–Kier alpha value is -2.15. The molecule has 0 fully saturated rings. The van der Waals surface area contributed by atoms with Gasteiger partial charge in [-0.1, -0.05) is 21.1 Å². The Morgan fingerprint density at radius 3 is 2.89 bits per heavy atom. The number of imidazole rings is 1. The van der Waals surface area contributed by atoms with Gasteiger partial charge in [-0.2, -0.15) is 4.98 Å². The summed E-state index contributed by atoms with van der Waals surface area (Å²) in [5, 5.41) is 3.86. The zero-order valence-electron chi connectivity index (χ0n) is 9.09. The van der Waals surface area contributed by atoms with Crippen molar-refractivity contribution in [2.24, 2.45) is 0 Å². The van der Waals surface area contributed by atoms with Gasteiger partial charge in [-0.05, 0) is 18.2 Å². The molecule has 3 rings (SSSR count). The molecular formula is C11H8BrN5O. The van der Waals surface area contributed by atoms with Crippen LogP contribution < -0.4 is 5.73 Å². The van der Waals surface area contributed by atoms with Crippen molar-refractivity contribution >= 4 is 21.6 Å². The highest BCUT2D eigenvalue weighted by Crippen LogP contribution is 2.26. The number of hydrogen-bond acceptors (Lipinski definition) is 5. The van der Waals surface area contributed by atoms with E-state index < -0.39 is 0 Å². The van der Waals surface area contributed by atoms with Gasteiger partial charge < -0.3 is 15.2 Å². The van der Waals surface area contributed by atoms with Crippen molar-refractivity contribution in [2.45, 2.75) is 0 Å². The topological polar surface area (TPSA) is 93.6 Å². The summed E-state index contributed by atoms with van der Waals surface area (Å²) in [6, 6.07) is 5.42. The predicted octanol–water partition coefficient (Wildman–Crippen LogP) is 2.47. The van der Waals surface area contributed by atoms with E-state index in [0.717, 1.165) is 10.0 Å². The molecule has 0 unspecified atom stereocenters. The van der Waals surface area contributed by atoms with Crippen LogP contribution in [0.15, 0.2) is 39.6 Å². The SMILES string of the molecule is Nc1cc(Br)cc(-c2nc(-c3ncc[nH]3)no2)c1. The fraction of sp³-hybridized carbons (Fsp3) is 0. The lowest BCUT2D eigenvalue weighted by Crippen LogP contribution is -1.87. The Labute approximate surface area is 110 Å². The number of aromatic amines is 1. The van der Waals surface area contributed by atoms with Crippen LogP contribution in [0.2, 0.25) is 0 Å². The lowest BCUT2D eigenvalue weighted by atomic mass is 10.2. The highest BCUT2D eigenvalue weighted by molar-refractivity contribution is 9.10. The molecule has 3 N–H and O–H groups in total. The molecule has 90 valence electrons. The molecule has 2 aromatic heterocycles. The number of nitrogen functional groups attached to an aromatic ring is 1. The van der Waals surface area contributed by atoms with Gasteiger partial charge in [-0.3, -0.25) is 0 Å². The smallest absolute Gasteiger partial charge is 0.258 e. The summed E-state index contributed by atoms with van der Waals surface area (Å²) in [5.41, 5.74) is 7.14. The van der Waals surface area contributed by atoms with E-state index in [9.17, 15) is 0 Å². The standard InChI is InChI=1S/C11H8BrN5O/c12-7-3-6(4-8(13)5-7)11-16-10(17-18-11)9-14-1-2-15-9/h1-5H,13H2,(H,14,15). The van der Waals surface area contributed by atoms with Crippen LogP contribution >= 0.6 is 15.9 Å². The zero-order valence-corrected chi connectivity index (χ0v) is 10.7. The summed E-state index contributed by atoms with van der Waals surface area (Å²) in [4.78, 5) is 11.2. The molecule has 18 heavy (non-hydrogen) atoms. The van der Waals surface area contributed by atoms with Crippen LogP contribution in [0.4, 0.5) is 5.69 Å². The average Bonchev–Trinajstić information content (AvgIpc) is 2.99. The highest BCUT2D eigenvalue weighted by Gasteiger charge is 2.12. The van der Waals surface area contributed by atoms with Gasteiger partial charge in [0.2, 0.25) is 5.82 Å². The van der Waals surface area contributed by atoms with E-state index in [-0.39, 0.29) is 0 Å². The molecule has 0 aliphatic carbocycles. The Bertz CT molecular complexity index is 656. The maximum absolute atomic E-state index is 5.76.